The number of pyridine rings is 1. The Bertz CT molecular complexity index is 1300. The molecule has 0 unspecified atom stereocenters. The molecule has 1 saturated carbocycles. The van der Waals surface area contributed by atoms with Gasteiger partial charge in [0.05, 0.1) is 24.9 Å². The van der Waals surface area contributed by atoms with Crippen LogP contribution in [-0.4, -0.2) is 30.1 Å². The lowest BCUT2D eigenvalue weighted by molar-refractivity contribution is 0.144. The number of rotatable bonds is 9. The SMILES string of the molecule is CCc1ccc2[nH]c(=O)c(CN(Cc3ccco3)[C@H](CC)c3nnnn3C3CCCCC3)cc2c1. The van der Waals surface area contributed by atoms with Crippen molar-refractivity contribution in [1.82, 2.24) is 30.1 Å². The van der Waals surface area contributed by atoms with E-state index in [2.05, 4.69) is 51.4 Å². The minimum absolute atomic E-state index is 0.0471. The standard InChI is InChI=1S/C27H34N6O2/c1-3-19-12-13-24-20(15-19)16-21(27(34)28-24)17-32(18-23-11-8-14-35-23)25(4-2)26-29-30-31-33(26)22-9-6-5-7-10-22/h8,11-16,22,25H,3-7,9-10,17-18H2,1-2H3,(H,28,34)/t25-/m1/s1. The van der Waals surface area contributed by atoms with Crippen LogP contribution in [0.3, 0.4) is 0 Å². The highest BCUT2D eigenvalue weighted by Crippen LogP contribution is 2.32. The summed E-state index contributed by atoms with van der Waals surface area (Å²) in [5.41, 5.74) is 2.78. The maximum absolute atomic E-state index is 13.1. The number of H-pyrrole nitrogens is 1. The third-order valence-corrected chi connectivity index (χ3v) is 7.27. The second kappa shape index (κ2) is 10.6. The minimum Gasteiger partial charge on any atom is -0.468 e. The summed E-state index contributed by atoms with van der Waals surface area (Å²) >= 11 is 0. The normalized spacial score (nSPS) is 15.7. The molecule has 0 amide bonds. The van der Waals surface area contributed by atoms with Crippen LogP contribution in [-0.2, 0) is 19.5 Å². The first-order valence-corrected chi connectivity index (χ1v) is 12.8. The zero-order valence-electron chi connectivity index (χ0n) is 20.6. The van der Waals surface area contributed by atoms with Gasteiger partial charge in [-0.1, -0.05) is 39.2 Å². The molecule has 1 aliphatic carbocycles. The third-order valence-electron chi connectivity index (χ3n) is 7.27. The van der Waals surface area contributed by atoms with Gasteiger partial charge in [-0.25, -0.2) is 4.68 Å². The molecule has 0 aliphatic heterocycles. The Labute approximate surface area is 205 Å². The van der Waals surface area contributed by atoms with Crippen LogP contribution in [0.25, 0.3) is 10.9 Å². The zero-order chi connectivity index (χ0) is 24.2. The predicted octanol–water partition coefficient (Wildman–Crippen LogP) is 5.33. The predicted molar refractivity (Wildman–Crippen MR) is 135 cm³/mol. The molecule has 1 aromatic carbocycles. The maximum Gasteiger partial charge on any atom is 0.252 e. The van der Waals surface area contributed by atoms with E-state index < -0.39 is 0 Å². The molecule has 1 atom stereocenters. The molecule has 1 N–H and O–H groups in total. The van der Waals surface area contributed by atoms with Crippen LogP contribution >= 0.6 is 0 Å². The van der Waals surface area contributed by atoms with Gasteiger partial charge in [-0.3, -0.25) is 9.69 Å². The number of fused-ring (bicyclic) bond motifs is 1. The second-order valence-electron chi connectivity index (χ2n) is 9.58. The Morgan fingerprint density at radius 1 is 1.14 bits per heavy atom. The highest BCUT2D eigenvalue weighted by atomic mass is 16.3. The lowest BCUT2D eigenvalue weighted by Gasteiger charge is -2.31. The molecular weight excluding hydrogens is 440 g/mol. The number of aromatic nitrogens is 5. The summed E-state index contributed by atoms with van der Waals surface area (Å²) < 4.78 is 7.75. The summed E-state index contributed by atoms with van der Waals surface area (Å²) in [4.78, 5) is 18.4. The number of benzene rings is 1. The molecule has 3 aromatic heterocycles. The van der Waals surface area contributed by atoms with Crippen LogP contribution in [0.15, 0.2) is 51.9 Å². The molecule has 5 rings (SSSR count). The third kappa shape index (κ3) is 5.07. The molecule has 0 spiro atoms. The number of tetrazole rings is 1. The molecule has 35 heavy (non-hydrogen) atoms. The Morgan fingerprint density at radius 2 is 2.00 bits per heavy atom. The lowest BCUT2D eigenvalue weighted by atomic mass is 9.95. The molecule has 0 bridgehead atoms. The van der Waals surface area contributed by atoms with E-state index in [1.165, 1.54) is 24.8 Å². The van der Waals surface area contributed by atoms with Crippen molar-refractivity contribution in [3.63, 3.8) is 0 Å². The highest BCUT2D eigenvalue weighted by Gasteiger charge is 2.29. The van der Waals surface area contributed by atoms with Crippen molar-refractivity contribution in [2.24, 2.45) is 0 Å². The summed E-state index contributed by atoms with van der Waals surface area (Å²) in [6.45, 7) is 5.33. The van der Waals surface area contributed by atoms with Crippen LogP contribution in [0.5, 0.6) is 0 Å². The molecule has 1 fully saturated rings. The Hall–Kier alpha value is -3.26. The van der Waals surface area contributed by atoms with Crippen molar-refractivity contribution in [2.75, 3.05) is 0 Å². The van der Waals surface area contributed by atoms with E-state index >= 15 is 0 Å². The fourth-order valence-corrected chi connectivity index (χ4v) is 5.35. The van der Waals surface area contributed by atoms with Gasteiger partial charge in [-0.2, -0.15) is 0 Å². The maximum atomic E-state index is 13.1. The van der Waals surface area contributed by atoms with E-state index in [4.69, 9.17) is 4.42 Å². The number of hydrogen-bond acceptors (Lipinski definition) is 6. The van der Waals surface area contributed by atoms with Crippen LogP contribution in [0, 0.1) is 0 Å². The fraction of sp³-hybridized carbons (Fsp3) is 0.481. The monoisotopic (exact) mass is 474 g/mol. The van der Waals surface area contributed by atoms with Gasteiger partial charge in [0, 0.05) is 17.6 Å². The topological polar surface area (TPSA) is 92.8 Å². The first kappa shape index (κ1) is 23.5. The van der Waals surface area contributed by atoms with Gasteiger partial charge in [0.25, 0.3) is 5.56 Å². The number of aromatic amines is 1. The summed E-state index contributed by atoms with van der Waals surface area (Å²) in [7, 11) is 0. The van der Waals surface area contributed by atoms with E-state index in [1.807, 2.05) is 28.9 Å². The number of furan rings is 1. The average molecular weight is 475 g/mol. The number of nitrogens with zero attached hydrogens (tertiary/aromatic N) is 5. The smallest absolute Gasteiger partial charge is 0.252 e. The quantitative estimate of drug-likeness (QED) is 0.352. The molecule has 0 radical (unpaired) electrons. The van der Waals surface area contributed by atoms with Gasteiger partial charge in [0.15, 0.2) is 5.82 Å². The number of aryl methyl sites for hydroxylation is 1. The number of hydrogen-bond donors (Lipinski definition) is 1. The molecule has 4 aromatic rings. The number of nitrogens with one attached hydrogen (secondary N) is 1. The minimum atomic E-state index is -0.0621. The zero-order valence-corrected chi connectivity index (χ0v) is 20.6. The molecule has 3 heterocycles. The molecule has 0 saturated heterocycles. The molecule has 1 aliphatic rings. The van der Waals surface area contributed by atoms with E-state index in [0.29, 0.717) is 19.1 Å². The molecule has 8 nitrogen and oxygen atoms in total. The molecule has 184 valence electrons. The van der Waals surface area contributed by atoms with Crippen molar-refractivity contribution in [2.45, 2.75) is 84.0 Å². The summed E-state index contributed by atoms with van der Waals surface area (Å²) in [5, 5.41) is 14.0. The van der Waals surface area contributed by atoms with Crippen LogP contribution < -0.4 is 5.56 Å². The van der Waals surface area contributed by atoms with Gasteiger partial charge in [-0.15, -0.1) is 5.10 Å². The lowest BCUT2D eigenvalue weighted by Crippen LogP contribution is -2.33. The van der Waals surface area contributed by atoms with Crippen LogP contribution in [0.2, 0.25) is 0 Å². The van der Waals surface area contributed by atoms with Gasteiger partial charge >= 0.3 is 0 Å². The van der Waals surface area contributed by atoms with Crippen molar-refractivity contribution < 1.29 is 4.42 Å². The van der Waals surface area contributed by atoms with E-state index in [0.717, 1.165) is 53.7 Å². The van der Waals surface area contributed by atoms with E-state index in [1.54, 1.807) is 6.26 Å². The van der Waals surface area contributed by atoms with Crippen molar-refractivity contribution in [3.8, 4) is 0 Å². The summed E-state index contributed by atoms with van der Waals surface area (Å²) in [6.07, 6.45) is 9.38. The Morgan fingerprint density at radius 3 is 2.74 bits per heavy atom. The van der Waals surface area contributed by atoms with Crippen LogP contribution in [0.1, 0.15) is 87.2 Å². The summed E-state index contributed by atoms with van der Waals surface area (Å²) in [5.74, 6) is 1.72. The first-order valence-electron chi connectivity index (χ1n) is 12.8. The van der Waals surface area contributed by atoms with Crippen molar-refractivity contribution in [1.29, 1.82) is 0 Å². The highest BCUT2D eigenvalue weighted by molar-refractivity contribution is 5.79. The fourth-order valence-electron chi connectivity index (χ4n) is 5.35. The Balaban J connectivity index is 1.51. The van der Waals surface area contributed by atoms with Gasteiger partial charge in [0.1, 0.15) is 5.76 Å². The largest absolute Gasteiger partial charge is 0.468 e. The molecular formula is C27H34N6O2. The van der Waals surface area contributed by atoms with E-state index in [-0.39, 0.29) is 11.6 Å². The van der Waals surface area contributed by atoms with Gasteiger partial charge in [-0.05, 0) is 77.4 Å². The Kier molecular flexibility index (Phi) is 7.08. The molecule has 8 heteroatoms. The van der Waals surface area contributed by atoms with Gasteiger partial charge in [0.2, 0.25) is 0 Å². The van der Waals surface area contributed by atoms with Crippen molar-refractivity contribution in [3.05, 3.63) is 75.7 Å². The van der Waals surface area contributed by atoms with Crippen molar-refractivity contribution >= 4 is 10.9 Å². The summed E-state index contributed by atoms with van der Waals surface area (Å²) in [6, 6.07) is 12.4. The van der Waals surface area contributed by atoms with Crippen LogP contribution in [0.4, 0.5) is 0 Å². The second-order valence-corrected chi connectivity index (χ2v) is 9.58. The average Bonchev–Trinajstić information content (AvgIpc) is 3.58. The van der Waals surface area contributed by atoms with E-state index in [9.17, 15) is 4.79 Å². The van der Waals surface area contributed by atoms with Gasteiger partial charge < -0.3 is 9.40 Å². The first-order chi connectivity index (χ1) is 17.2.